The van der Waals surface area contributed by atoms with E-state index in [1.54, 1.807) is 12.1 Å². The molecular weight excluding hydrogens is 332 g/mol. The van der Waals surface area contributed by atoms with Crippen LogP contribution in [0.15, 0.2) is 12.1 Å². The minimum atomic E-state index is -0.524. The van der Waals surface area contributed by atoms with Gasteiger partial charge in [-0.3, -0.25) is 14.4 Å². The van der Waals surface area contributed by atoms with Crippen LogP contribution in [0.5, 0.6) is 11.5 Å². The van der Waals surface area contributed by atoms with Gasteiger partial charge in [-0.2, -0.15) is 0 Å². The van der Waals surface area contributed by atoms with E-state index < -0.39 is 11.9 Å². The van der Waals surface area contributed by atoms with Crippen molar-refractivity contribution < 1.29 is 23.9 Å². The van der Waals surface area contributed by atoms with E-state index in [1.807, 2.05) is 0 Å². The van der Waals surface area contributed by atoms with Gasteiger partial charge in [0.25, 0.3) is 0 Å². The molecule has 1 aromatic rings. The molecule has 2 aliphatic rings. The molecule has 3 rings (SSSR count). The standard InChI is InChI=1S/C21H26O5/c1-12(22)25-17-9-14-15(10-18(17)26-13(2)23)21(5)8-6-7-20(3,4)19(21)11-16(14)24/h9-10,19H,6-8,11H2,1-5H3/t19-,21+/m1/s1. The Morgan fingerprint density at radius 3 is 2.15 bits per heavy atom. The second-order valence-corrected chi connectivity index (χ2v) is 8.47. The Labute approximate surface area is 154 Å². The van der Waals surface area contributed by atoms with Gasteiger partial charge in [-0.1, -0.05) is 27.2 Å². The fourth-order valence-electron chi connectivity index (χ4n) is 4.97. The van der Waals surface area contributed by atoms with Gasteiger partial charge in [0.1, 0.15) is 0 Å². The third kappa shape index (κ3) is 3.04. The van der Waals surface area contributed by atoms with Crippen molar-refractivity contribution in [2.24, 2.45) is 11.3 Å². The minimum Gasteiger partial charge on any atom is -0.423 e. The molecule has 1 saturated carbocycles. The molecule has 0 spiro atoms. The van der Waals surface area contributed by atoms with Crippen LogP contribution in [-0.4, -0.2) is 17.7 Å². The predicted octanol–water partition coefficient (Wildman–Crippen LogP) is 4.21. The van der Waals surface area contributed by atoms with Crippen LogP contribution >= 0.6 is 0 Å². The van der Waals surface area contributed by atoms with Gasteiger partial charge < -0.3 is 9.47 Å². The Hall–Kier alpha value is -2.17. The lowest BCUT2D eigenvalue weighted by Crippen LogP contribution is -2.49. The van der Waals surface area contributed by atoms with Gasteiger partial charge >= 0.3 is 11.9 Å². The summed E-state index contributed by atoms with van der Waals surface area (Å²) in [6, 6.07) is 3.31. The molecule has 0 unspecified atom stereocenters. The SMILES string of the molecule is CC(=O)Oc1cc2c(cc1OC(C)=O)[C@]1(C)CCCC(C)(C)[C@H]1CC2=O. The van der Waals surface area contributed by atoms with E-state index in [2.05, 4.69) is 20.8 Å². The summed E-state index contributed by atoms with van der Waals surface area (Å²) in [5.74, 6) is -0.411. The zero-order valence-corrected chi connectivity index (χ0v) is 16.1. The number of fused-ring (bicyclic) bond motifs is 3. The normalized spacial score (nSPS) is 26.5. The highest BCUT2D eigenvalue weighted by Gasteiger charge is 2.52. The Bertz CT molecular complexity index is 792. The molecule has 0 N–H and O–H groups in total. The molecule has 2 aliphatic carbocycles. The van der Waals surface area contributed by atoms with Gasteiger partial charge in [0.15, 0.2) is 17.3 Å². The fourth-order valence-corrected chi connectivity index (χ4v) is 4.97. The molecule has 5 nitrogen and oxygen atoms in total. The van der Waals surface area contributed by atoms with Crippen molar-refractivity contribution >= 4 is 17.7 Å². The molecular formula is C21H26O5. The number of hydrogen-bond donors (Lipinski definition) is 0. The fraction of sp³-hybridized carbons (Fsp3) is 0.571. The van der Waals surface area contributed by atoms with Crippen molar-refractivity contribution in [3.05, 3.63) is 23.3 Å². The molecule has 0 aromatic heterocycles. The summed E-state index contributed by atoms with van der Waals surface area (Å²) < 4.78 is 10.5. The first-order chi connectivity index (χ1) is 12.0. The average molecular weight is 358 g/mol. The van der Waals surface area contributed by atoms with Crippen LogP contribution in [-0.2, 0) is 15.0 Å². The van der Waals surface area contributed by atoms with Crippen molar-refractivity contribution in [1.82, 2.24) is 0 Å². The maximum Gasteiger partial charge on any atom is 0.308 e. The maximum atomic E-state index is 12.9. The van der Waals surface area contributed by atoms with Crippen LogP contribution in [0.3, 0.4) is 0 Å². The molecule has 5 heteroatoms. The van der Waals surface area contributed by atoms with Crippen molar-refractivity contribution in [3.63, 3.8) is 0 Å². The van der Waals surface area contributed by atoms with E-state index in [9.17, 15) is 14.4 Å². The number of ketones is 1. The van der Waals surface area contributed by atoms with Gasteiger partial charge in [-0.15, -0.1) is 0 Å². The molecule has 0 aliphatic heterocycles. The third-order valence-corrected chi connectivity index (χ3v) is 6.13. The zero-order chi connectivity index (χ0) is 19.3. The molecule has 2 atom stereocenters. The highest BCUT2D eigenvalue weighted by molar-refractivity contribution is 6.00. The third-order valence-electron chi connectivity index (χ3n) is 6.13. The summed E-state index contributed by atoms with van der Waals surface area (Å²) in [5, 5.41) is 0. The van der Waals surface area contributed by atoms with Crippen LogP contribution in [0.4, 0.5) is 0 Å². The number of carbonyl (C=O) groups excluding carboxylic acids is 3. The number of benzene rings is 1. The lowest BCUT2D eigenvalue weighted by atomic mass is 9.50. The van der Waals surface area contributed by atoms with E-state index in [0.717, 1.165) is 24.8 Å². The molecule has 140 valence electrons. The van der Waals surface area contributed by atoms with Crippen molar-refractivity contribution in [1.29, 1.82) is 0 Å². The minimum absolute atomic E-state index is 0.0558. The van der Waals surface area contributed by atoms with Gasteiger partial charge in [-0.05, 0) is 47.3 Å². The molecule has 0 radical (unpaired) electrons. The smallest absolute Gasteiger partial charge is 0.308 e. The Morgan fingerprint density at radius 1 is 1.00 bits per heavy atom. The number of rotatable bonds is 2. The van der Waals surface area contributed by atoms with E-state index >= 15 is 0 Å². The Morgan fingerprint density at radius 2 is 1.58 bits per heavy atom. The highest BCUT2D eigenvalue weighted by Crippen LogP contribution is 2.58. The van der Waals surface area contributed by atoms with Crippen molar-refractivity contribution in [2.75, 3.05) is 0 Å². The Balaban J connectivity index is 2.19. The number of carbonyl (C=O) groups is 3. The molecule has 0 saturated heterocycles. The monoisotopic (exact) mass is 358 g/mol. The van der Waals surface area contributed by atoms with Crippen LogP contribution < -0.4 is 9.47 Å². The largest absolute Gasteiger partial charge is 0.423 e. The van der Waals surface area contributed by atoms with E-state index in [1.165, 1.54) is 13.8 Å². The lowest BCUT2D eigenvalue weighted by Gasteiger charge is -2.53. The zero-order valence-electron chi connectivity index (χ0n) is 16.1. The molecule has 1 fully saturated rings. The summed E-state index contributed by atoms with van der Waals surface area (Å²) in [7, 11) is 0. The van der Waals surface area contributed by atoms with E-state index in [0.29, 0.717) is 12.0 Å². The van der Waals surface area contributed by atoms with Crippen LogP contribution in [0.2, 0.25) is 0 Å². The molecule has 0 amide bonds. The quantitative estimate of drug-likeness (QED) is 0.585. The van der Waals surface area contributed by atoms with Gasteiger partial charge in [0.2, 0.25) is 0 Å². The number of ether oxygens (including phenoxy) is 2. The first kappa shape index (κ1) is 18.6. The first-order valence-corrected chi connectivity index (χ1v) is 9.13. The van der Waals surface area contributed by atoms with Crippen LogP contribution in [0.25, 0.3) is 0 Å². The van der Waals surface area contributed by atoms with Crippen LogP contribution in [0.1, 0.15) is 76.2 Å². The van der Waals surface area contributed by atoms with Crippen molar-refractivity contribution in [3.8, 4) is 11.5 Å². The summed E-state index contributed by atoms with van der Waals surface area (Å²) in [6.45, 7) is 9.24. The summed E-state index contributed by atoms with van der Waals surface area (Å²) in [6.07, 6.45) is 3.65. The second-order valence-electron chi connectivity index (χ2n) is 8.47. The first-order valence-electron chi connectivity index (χ1n) is 9.13. The number of Topliss-reactive ketones (excluding diaryl/α,β-unsaturated/α-hetero) is 1. The van der Waals surface area contributed by atoms with E-state index in [-0.39, 0.29) is 34.0 Å². The molecule has 26 heavy (non-hydrogen) atoms. The summed E-state index contributed by atoms with van der Waals surface area (Å²) >= 11 is 0. The lowest BCUT2D eigenvalue weighted by molar-refractivity contribution is -0.134. The molecule has 1 aromatic carbocycles. The van der Waals surface area contributed by atoms with E-state index in [4.69, 9.17) is 9.47 Å². The predicted molar refractivity (Wildman–Crippen MR) is 96.5 cm³/mol. The molecule has 0 bridgehead atoms. The van der Waals surface area contributed by atoms with Crippen molar-refractivity contribution in [2.45, 2.75) is 65.7 Å². The second kappa shape index (κ2) is 6.22. The Kier molecular flexibility index (Phi) is 4.45. The summed E-state index contributed by atoms with van der Waals surface area (Å²) in [5.41, 5.74) is 1.37. The van der Waals surface area contributed by atoms with Crippen LogP contribution in [0, 0.1) is 11.3 Å². The average Bonchev–Trinajstić information content (AvgIpc) is 2.50. The topological polar surface area (TPSA) is 69.7 Å². The van der Waals surface area contributed by atoms with Gasteiger partial charge in [0.05, 0.1) is 0 Å². The number of esters is 2. The summed E-state index contributed by atoms with van der Waals surface area (Å²) in [4.78, 5) is 35.8. The maximum absolute atomic E-state index is 12.9. The molecule has 0 heterocycles. The number of hydrogen-bond acceptors (Lipinski definition) is 5. The van der Waals surface area contributed by atoms with Gasteiger partial charge in [-0.25, -0.2) is 0 Å². The highest BCUT2D eigenvalue weighted by atomic mass is 16.6. The van der Waals surface area contributed by atoms with Gasteiger partial charge in [0, 0.05) is 25.8 Å².